The molecule has 0 spiro atoms. The number of unbranched alkanes of at least 4 members (excludes halogenated alkanes) is 1. The Labute approximate surface area is 65.8 Å². The van der Waals surface area contributed by atoms with Crippen molar-refractivity contribution in [2.75, 3.05) is 0 Å². The van der Waals surface area contributed by atoms with Crippen molar-refractivity contribution in [1.29, 1.82) is 0 Å². The van der Waals surface area contributed by atoms with Crippen LogP contribution in [0.2, 0.25) is 5.02 Å². The Morgan fingerprint density at radius 1 is 1.80 bits per heavy atom. The summed E-state index contributed by atoms with van der Waals surface area (Å²) in [5.41, 5.74) is 0. The zero-order valence-corrected chi connectivity index (χ0v) is 6.73. The van der Waals surface area contributed by atoms with Crippen molar-refractivity contribution >= 4 is 11.6 Å². The molecule has 0 N–H and O–H groups in total. The van der Waals surface area contributed by atoms with Crippen molar-refractivity contribution in [3.05, 3.63) is 17.4 Å². The number of rotatable bonds is 3. The van der Waals surface area contributed by atoms with Crippen LogP contribution in [0.3, 0.4) is 0 Å². The van der Waals surface area contributed by atoms with Gasteiger partial charge in [-0.25, -0.2) is 0 Å². The summed E-state index contributed by atoms with van der Waals surface area (Å²) in [4.78, 5) is 0. The van der Waals surface area contributed by atoms with Crippen molar-refractivity contribution in [2.45, 2.75) is 26.3 Å². The molecule has 1 rings (SSSR count). The van der Waals surface area contributed by atoms with Crippen LogP contribution >= 0.6 is 11.6 Å². The molecule has 1 aromatic rings. The van der Waals surface area contributed by atoms with Crippen LogP contribution in [0.4, 0.5) is 0 Å². The monoisotopic (exact) mass is 157 g/mol. The lowest BCUT2D eigenvalue weighted by molar-refractivity contribution is 0.568. The summed E-state index contributed by atoms with van der Waals surface area (Å²) in [5, 5.41) is 4.58. The van der Waals surface area contributed by atoms with Gasteiger partial charge in [0.15, 0.2) is 0 Å². The zero-order chi connectivity index (χ0) is 7.40. The molecule has 0 saturated carbocycles. The predicted molar refractivity (Wildman–Crippen MR) is 41.0 cm³/mol. The first-order chi connectivity index (χ1) is 4.83. The molecule has 0 aliphatic rings. The second-order valence-electron chi connectivity index (χ2n) is 2.18. The second kappa shape index (κ2) is 3.62. The molecule has 0 aliphatic carbocycles. The van der Waals surface area contributed by atoms with Gasteiger partial charge < -0.3 is 0 Å². The Morgan fingerprint density at radius 3 is 3.10 bits per heavy atom. The van der Waals surface area contributed by atoms with E-state index in [0.29, 0.717) is 5.02 Å². The third-order valence-corrected chi connectivity index (χ3v) is 1.45. The van der Waals surface area contributed by atoms with Gasteiger partial charge in [0.25, 0.3) is 0 Å². The molecule has 0 saturated heterocycles. The quantitative estimate of drug-likeness (QED) is 0.658. The third-order valence-electron chi connectivity index (χ3n) is 1.27. The first-order valence-corrected chi connectivity index (χ1v) is 3.81. The van der Waals surface area contributed by atoms with Crippen LogP contribution in [0.1, 0.15) is 19.8 Å². The van der Waals surface area contributed by atoms with Crippen molar-refractivity contribution in [2.24, 2.45) is 0 Å². The first-order valence-electron chi connectivity index (χ1n) is 3.43. The van der Waals surface area contributed by atoms with Crippen molar-refractivity contribution in [1.82, 2.24) is 9.78 Å². The molecule has 0 bridgehead atoms. The highest BCUT2D eigenvalue weighted by molar-refractivity contribution is 6.30. The van der Waals surface area contributed by atoms with Crippen molar-refractivity contribution in [3.63, 3.8) is 0 Å². The van der Waals surface area contributed by atoms with E-state index in [2.05, 4.69) is 18.2 Å². The van der Waals surface area contributed by atoms with E-state index in [1.54, 1.807) is 10.9 Å². The third kappa shape index (κ3) is 2.03. The summed E-state index contributed by atoms with van der Waals surface area (Å²) in [7, 11) is 0. The smallest absolute Gasteiger partial charge is 0.106 e. The summed E-state index contributed by atoms with van der Waals surface area (Å²) < 4.78 is 1.74. The molecule has 0 aromatic carbocycles. The Kier molecular flexibility index (Phi) is 2.75. The van der Waals surface area contributed by atoms with E-state index in [1.807, 2.05) is 0 Å². The molecular weight excluding hydrogens is 148 g/mol. The van der Waals surface area contributed by atoms with E-state index >= 15 is 0 Å². The van der Waals surface area contributed by atoms with Gasteiger partial charge in [-0.3, -0.25) is 4.68 Å². The predicted octanol–water partition coefficient (Wildman–Crippen LogP) is 2.14. The average molecular weight is 158 g/mol. The van der Waals surface area contributed by atoms with Gasteiger partial charge in [-0.1, -0.05) is 24.9 Å². The summed E-state index contributed by atoms with van der Waals surface area (Å²) >= 11 is 5.60. The molecule has 1 radical (unpaired) electrons. The van der Waals surface area contributed by atoms with Gasteiger partial charge in [0.05, 0.1) is 11.2 Å². The number of aryl methyl sites for hydroxylation is 1. The number of hydrogen-bond acceptors (Lipinski definition) is 1. The van der Waals surface area contributed by atoms with E-state index < -0.39 is 0 Å². The summed E-state index contributed by atoms with van der Waals surface area (Å²) in [5.74, 6) is 0. The van der Waals surface area contributed by atoms with Crippen molar-refractivity contribution < 1.29 is 0 Å². The molecule has 1 heterocycles. The van der Waals surface area contributed by atoms with Gasteiger partial charge >= 0.3 is 0 Å². The molecule has 2 nitrogen and oxygen atoms in total. The van der Waals surface area contributed by atoms with Crippen LogP contribution in [0.15, 0.2) is 6.20 Å². The molecular formula is C7H10ClN2. The lowest BCUT2D eigenvalue weighted by atomic mass is 10.3. The lowest BCUT2D eigenvalue weighted by Gasteiger charge is -1.95. The van der Waals surface area contributed by atoms with Crippen LogP contribution in [0.5, 0.6) is 0 Å². The highest BCUT2D eigenvalue weighted by Crippen LogP contribution is 2.04. The Hall–Kier alpha value is -0.500. The molecule has 55 valence electrons. The van der Waals surface area contributed by atoms with Gasteiger partial charge in [0.1, 0.15) is 6.20 Å². The van der Waals surface area contributed by atoms with E-state index in [4.69, 9.17) is 11.6 Å². The SMILES string of the molecule is CCCCn1[c]c(Cl)cn1. The van der Waals surface area contributed by atoms with Crippen LogP contribution in [0, 0.1) is 6.20 Å². The van der Waals surface area contributed by atoms with Crippen LogP contribution in [-0.2, 0) is 6.54 Å². The topological polar surface area (TPSA) is 17.8 Å². The van der Waals surface area contributed by atoms with Crippen LogP contribution < -0.4 is 0 Å². The molecule has 3 heteroatoms. The highest BCUT2D eigenvalue weighted by atomic mass is 35.5. The van der Waals surface area contributed by atoms with Gasteiger partial charge in [-0.15, -0.1) is 0 Å². The molecule has 0 amide bonds. The minimum atomic E-state index is 0.594. The number of aromatic nitrogens is 2. The van der Waals surface area contributed by atoms with Gasteiger partial charge in [-0.2, -0.15) is 5.10 Å². The maximum atomic E-state index is 5.60. The standard InChI is InChI=1S/C7H10ClN2/c1-2-3-4-10-6-7(8)5-9-10/h5H,2-4H2,1H3. The van der Waals surface area contributed by atoms with E-state index in [9.17, 15) is 0 Å². The van der Waals surface area contributed by atoms with Gasteiger partial charge in [0.2, 0.25) is 0 Å². The summed E-state index contributed by atoms with van der Waals surface area (Å²) in [6, 6.07) is 0. The molecule has 10 heavy (non-hydrogen) atoms. The fourth-order valence-corrected chi connectivity index (χ4v) is 0.864. The fraction of sp³-hybridized carbons (Fsp3) is 0.571. The fourth-order valence-electron chi connectivity index (χ4n) is 0.723. The Morgan fingerprint density at radius 2 is 2.60 bits per heavy atom. The Balaban J connectivity index is 2.42. The van der Waals surface area contributed by atoms with E-state index in [1.165, 1.54) is 6.42 Å². The number of nitrogens with zero attached hydrogens (tertiary/aromatic N) is 2. The molecule has 0 unspecified atom stereocenters. The molecule has 0 atom stereocenters. The van der Waals surface area contributed by atoms with Gasteiger partial charge in [0, 0.05) is 6.54 Å². The maximum absolute atomic E-state index is 5.60. The second-order valence-corrected chi connectivity index (χ2v) is 2.59. The number of halogens is 1. The summed E-state index contributed by atoms with van der Waals surface area (Å²) in [6.07, 6.45) is 6.80. The largest absolute Gasteiger partial charge is 0.262 e. The van der Waals surface area contributed by atoms with Crippen molar-refractivity contribution in [3.8, 4) is 0 Å². The highest BCUT2D eigenvalue weighted by Gasteiger charge is 1.93. The van der Waals surface area contributed by atoms with Crippen LogP contribution in [-0.4, -0.2) is 9.78 Å². The minimum absolute atomic E-state index is 0.594. The lowest BCUT2D eigenvalue weighted by Crippen LogP contribution is -1.97. The minimum Gasteiger partial charge on any atom is -0.262 e. The summed E-state index contributed by atoms with van der Waals surface area (Å²) in [6.45, 7) is 3.06. The maximum Gasteiger partial charge on any atom is 0.106 e. The first kappa shape index (κ1) is 7.61. The van der Waals surface area contributed by atoms with E-state index in [0.717, 1.165) is 13.0 Å². The van der Waals surface area contributed by atoms with Crippen LogP contribution in [0.25, 0.3) is 0 Å². The number of hydrogen-bond donors (Lipinski definition) is 0. The van der Waals surface area contributed by atoms with Gasteiger partial charge in [-0.05, 0) is 6.42 Å². The molecule has 1 aromatic heterocycles. The normalized spacial score (nSPS) is 10.2. The van der Waals surface area contributed by atoms with E-state index in [-0.39, 0.29) is 0 Å². The average Bonchev–Trinajstić information content (AvgIpc) is 2.31. The molecule has 0 aliphatic heterocycles. The Bertz CT molecular complexity index is 195. The zero-order valence-electron chi connectivity index (χ0n) is 5.97. The molecule has 0 fully saturated rings.